The number of rotatable bonds is 1. The van der Waals surface area contributed by atoms with Gasteiger partial charge in [-0.05, 0) is 17.4 Å². The Balaban J connectivity index is 2.22. The van der Waals surface area contributed by atoms with Crippen molar-refractivity contribution in [2.45, 2.75) is 12.5 Å². The van der Waals surface area contributed by atoms with Gasteiger partial charge < -0.3 is 5.73 Å². The summed E-state index contributed by atoms with van der Waals surface area (Å²) < 4.78 is 2.16. The fourth-order valence-corrected chi connectivity index (χ4v) is 1.72. The fraction of sp³-hybridized carbons (Fsp3) is 1.00. The van der Waals surface area contributed by atoms with Crippen LogP contribution in [0.2, 0.25) is 0 Å². The van der Waals surface area contributed by atoms with E-state index < -0.39 is 0 Å². The summed E-state index contributed by atoms with van der Waals surface area (Å²) in [5.74, 6) is 0. The highest BCUT2D eigenvalue weighted by molar-refractivity contribution is 8.67. The smallest absolute Gasteiger partial charge is 0.0250 e. The Kier molecular flexibility index (Phi) is 2.49. The quantitative estimate of drug-likeness (QED) is 0.324. The van der Waals surface area contributed by atoms with Crippen molar-refractivity contribution in [2.75, 3.05) is 13.1 Å². The Bertz CT molecular complexity index is 78.4. The van der Waals surface area contributed by atoms with Crippen molar-refractivity contribution >= 4 is 22.6 Å². The topological polar surface area (TPSA) is 29.3 Å². The molecule has 1 heterocycles. The molecule has 4 heteroatoms. The molecule has 8 heavy (non-hydrogen) atoms. The molecule has 1 rings (SSSR count). The molecule has 0 saturated carbocycles. The molecule has 1 fully saturated rings. The number of nitrogens with zero attached hydrogens (tertiary/aromatic N) is 1. The van der Waals surface area contributed by atoms with E-state index in [1.165, 1.54) is 11.0 Å². The zero-order valence-electron chi connectivity index (χ0n) is 4.58. The molecule has 1 saturated heterocycles. The maximum Gasteiger partial charge on any atom is 0.0250 e. The summed E-state index contributed by atoms with van der Waals surface area (Å²) in [6, 6.07) is 0.384. The standard InChI is InChI=1S/C4H10N2S2/c5-4-1-2-6(3-4)8-7/h4,7H,1-3,5H2/t4-/m1/s1. The zero-order valence-corrected chi connectivity index (χ0v) is 6.29. The predicted molar refractivity (Wildman–Crippen MR) is 40.7 cm³/mol. The number of hydrogen-bond acceptors (Lipinski definition) is 4. The molecule has 1 atom stereocenters. The molecule has 0 aromatic carbocycles. The van der Waals surface area contributed by atoms with E-state index in [-0.39, 0.29) is 0 Å². The summed E-state index contributed by atoms with van der Waals surface area (Å²) >= 11 is 4.04. The van der Waals surface area contributed by atoms with Crippen LogP contribution in [-0.4, -0.2) is 23.4 Å². The normalized spacial score (nSPS) is 31.5. The van der Waals surface area contributed by atoms with Crippen molar-refractivity contribution in [1.82, 2.24) is 4.31 Å². The van der Waals surface area contributed by atoms with Gasteiger partial charge in [0.25, 0.3) is 0 Å². The van der Waals surface area contributed by atoms with Gasteiger partial charge in [-0.1, -0.05) is 11.7 Å². The van der Waals surface area contributed by atoms with Crippen LogP contribution in [0.3, 0.4) is 0 Å². The van der Waals surface area contributed by atoms with E-state index in [2.05, 4.69) is 16.0 Å². The lowest BCUT2D eigenvalue weighted by atomic mass is 10.3. The highest BCUT2D eigenvalue weighted by Crippen LogP contribution is 2.19. The van der Waals surface area contributed by atoms with Gasteiger partial charge in [-0.2, -0.15) is 0 Å². The van der Waals surface area contributed by atoms with Gasteiger partial charge in [0.2, 0.25) is 0 Å². The second-order valence-electron chi connectivity index (χ2n) is 2.02. The monoisotopic (exact) mass is 150 g/mol. The van der Waals surface area contributed by atoms with Crippen molar-refractivity contribution in [3.63, 3.8) is 0 Å². The molecule has 1 aliphatic rings. The van der Waals surface area contributed by atoms with E-state index in [1.807, 2.05) is 0 Å². The lowest BCUT2D eigenvalue weighted by Gasteiger charge is -2.07. The van der Waals surface area contributed by atoms with Crippen molar-refractivity contribution in [2.24, 2.45) is 5.73 Å². The van der Waals surface area contributed by atoms with Crippen LogP contribution in [0.5, 0.6) is 0 Å². The number of thiol groups is 1. The molecule has 0 aliphatic carbocycles. The summed E-state index contributed by atoms with van der Waals surface area (Å²) in [5.41, 5.74) is 5.61. The fourth-order valence-electron chi connectivity index (χ4n) is 0.828. The minimum atomic E-state index is 0.384. The number of hydrogen-bond donors (Lipinski definition) is 2. The highest BCUT2D eigenvalue weighted by Gasteiger charge is 2.17. The molecule has 1 aliphatic heterocycles. The molecule has 0 amide bonds. The van der Waals surface area contributed by atoms with Gasteiger partial charge in [-0.25, -0.2) is 4.31 Å². The van der Waals surface area contributed by atoms with Crippen LogP contribution >= 0.6 is 22.6 Å². The van der Waals surface area contributed by atoms with Gasteiger partial charge in [0, 0.05) is 19.1 Å². The first-order chi connectivity index (χ1) is 3.83. The first-order valence-corrected chi connectivity index (χ1v) is 4.47. The molecule has 2 N–H and O–H groups in total. The summed E-state index contributed by atoms with van der Waals surface area (Å²) in [5, 5.41) is 0. The maximum atomic E-state index is 5.61. The van der Waals surface area contributed by atoms with E-state index in [0.717, 1.165) is 19.5 Å². The Morgan fingerprint density at radius 3 is 2.75 bits per heavy atom. The predicted octanol–water partition coefficient (Wildman–Crippen LogP) is 0.512. The Labute approximate surface area is 58.7 Å². The molecule has 0 unspecified atom stereocenters. The molecule has 0 aromatic heterocycles. The second kappa shape index (κ2) is 2.96. The largest absolute Gasteiger partial charge is 0.326 e. The van der Waals surface area contributed by atoms with Crippen molar-refractivity contribution in [3.05, 3.63) is 0 Å². The summed E-state index contributed by atoms with van der Waals surface area (Å²) in [6.07, 6.45) is 1.12. The average Bonchev–Trinajstić information content (AvgIpc) is 2.14. The van der Waals surface area contributed by atoms with Crippen LogP contribution in [0.4, 0.5) is 0 Å². The Morgan fingerprint density at radius 1 is 1.75 bits per heavy atom. The lowest BCUT2D eigenvalue weighted by Crippen LogP contribution is -2.22. The van der Waals surface area contributed by atoms with E-state index in [1.54, 1.807) is 0 Å². The van der Waals surface area contributed by atoms with E-state index >= 15 is 0 Å². The van der Waals surface area contributed by atoms with Crippen LogP contribution in [-0.2, 0) is 0 Å². The molecule has 0 radical (unpaired) electrons. The molecule has 0 aromatic rings. The van der Waals surface area contributed by atoms with Gasteiger partial charge >= 0.3 is 0 Å². The van der Waals surface area contributed by atoms with Crippen molar-refractivity contribution in [3.8, 4) is 0 Å². The first-order valence-electron chi connectivity index (χ1n) is 2.65. The minimum absolute atomic E-state index is 0.384. The molecular formula is C4H10N2S2. The van der Waals surface area contributed by atoms with Gasteiger partial charge in [-0.15, -0.1) is 0 Å². The molecule has 48 valence electrons. The van der Waals surface area contributed by atoms with Gasteiger partial charge in [0.05, 0.1) is 0 Å². The van der Waals surface area contributed by atoms with Crippen molar-refractivity contribution < 1.29 is 0 Å². The third-order valence-electron chi connectivity index (χ3n) is 1.30. The lowest BCUT2D eigenvalue weighted by molar-refractivity contribution is 0.579. The Morgan fingerprint density at radius 2 is 2.50 bits per heavy atom. The van der Waals surface area contributed by atoms with Crippen LogP contribution in [0.15, 0.2) is 0 Å². The van der Waals surface area contributed by atoms with E-state index in [0.29, 0.717) is 6.04 Å². The van der Waals surface area contributed by atoms with Crippen LogP contribution < -0.4 is 5.73 Å². The summed E-state index contributed by atoms with van der Waals surface area (Å²) in [4.78, 5) is 0. The first kappa shape index (κ1) is 6.74. The van der Waals surface area contributed by atoms with E-state index in [4.69, 9.17) is 5.73 Å². The highest BCUT2D eigenvalue weighted by atomic mass is 33.1. The van der Waals surface area contributed by atoms with Gasteiger partial charge in [0.15, 0.2) is 0 Å². The SMILES string of the molecule is N[C@@H]1CCN(SS)C1. The Hall–Kier alpha value is 0.620. The van der Waals surface area contributed by atoms with Crippen LogP contribution in [0, 0.1) is 0 Å². The summed E-state index contributed by atoms with van der Waals surface area (Å²) in [6.45, 7) is 2.09. The molecule has 0 spiro atoms. The maximum absolute atomic E-state index is 5.61. The molecule has 0 bridgehead atoms. The molecular weight excluding hydrogens is 140 g/mol. The van der Waals surface area contributed by atoms with Gasteiger partial charge in [-0.3, -0.25) is 0 Å². The van der Waals surface area contributed by atoms with Crippen molar-refractivity contribution in [1.29, 1.82) is 0 Å². The van der Waals surface area contributed by atoms with E-state index in [9.17, 15) is 0 Å². The second-order valence-corrected chi connectivity index (χ2v) is 3.19. The summed E-state index contributed by atoms with van der Waals surface area (Å²) in [7, 11) is 1.48. The van der Waals surface area contributed by atoms with Gasteiger partial charge in [0.1, 0.15) is 0 Å². The number of nitrogens with two attached hydrogens (primary N) is 1. The zero-order chi connectivity index (χ0) is 5.98. The molecule has 2 nitrogen and oxygen atoms in total. The minimum Gasteiger partial charge on any atom is -0.326 e. The van der Waals surface area contributed by atoms with Crippen LogP contribution in [0.1, 0.15) is 6.42 Å². The van der Waals surface area contributed by atoms with Crippen LogP contribution in [0.25, 0.3) is 0 Å². The third-order valence-corrected chi connectivity index (χ3v) is 2.56. The third kappa shape index (κ3) is 1.55. The average molecular weight is 150 g/mol.